The van der Waals surface area contributed by atoms with Crippen molar-refractivity contribution >= 4 is 5.97 Å². The van der Waals surface area contributed by atoms with Crippen LogP contribution in [0.2, 0.25) is 0 Å². The molecule has 1 heterocycles. The highest BCUT2D eigenvalue weighted by Crippen LogP contribution is 2.28. The summed E-state index contributed by atoms with van der Waals surface area (Å²) in [4.78, 5) is 10.7. The molecule has 20 heavy (non-hydrogen) atoms. The fourth-order valence-corrected chi connectivity index (χ4v) is 1.96. The minimum absolute atomic E-state index is 0.0723. The van der Waals surface area contributed by atoms with Crippen LogP contribution in [0.4, 0.5) is 0 Å². The molecule has 0 aliphatic rings. The number of ether oxygens (including phenoxy) is 1. The van der Waals surface area contributed by atoms with Crippen LogP contribution in [-0.2, 0) is 6.61 Å². The van der Waals surface area contributed by atoms with Gasteiger partial charge in [-0.25, -0.2) is 4.79 Å². The van der Waals surface area contributed by atoms with Crippen LogP contribution in [0.1, 0.15) is 47.2 Å². The predicted octanol–water partition coefficient (Wildman–Crippen LogP) is 3.99. The van der Waals surface area contributed by atoms with Crippen molar-refractivity contribution in [2.75, 3.05) is 0 Å². The van der Waals surface area contributed by atoms with E-state index >= 15 is 0 Å². The van der Waals surface area contributed by atoms with Gasteiger partial charge in [0.1, 0.15) is 18.1 Å². The van der Waals surface area contributed by atoms with Gasteiger partial charge in [-0.1, -0.05) is 26.0 Å². The van der Waals surface area contributed by atoms with Crippen LogP contribution >= 0.6 is 0 Å². The molecule has 0 bridgehead atoms. The molecule has 1 aromatic carbocycles. The number of hydrogen-bond donors (Lipinski definition) is 1. The minimum atomic E-state index is -1.07. The topological polar surface area (TPSA) is 59.7 Å². The lowest BCUT2D eigenvalue weighted by Gasteiger charge is -2.14. The van der Waals surface area contributed by atoms with Gasteiger partial charge >= 0.3 is 5.97 Å². The highest BCUT2D eigenvalue weighted by molar-refractivity contribution is 5.84. The number of furan rings is 1. The van der Waals surface area contributed by atoms with Crippen molar-refractivity contribution in [3.8, 4) is 5.75 Å². The molecule has 0 aliphatic heterocycles. The average Bonchev–Trinajstić information content (AvgIpc) is 2.85. The molecule has 0 aliphatic carbocycles. The number of carbonyl (C=O) groups is 1. The maximum Gasteiger partial charge on any atom is 0.371 e. The molecule has 0 unspecified atom stereocenters. The zero-order valence-corrected chi connectivity index (χ0v) is 11.8. The van der Waals surface area contributed by atoms with Gasteiger partial charge in [-0.3, -0.25) is 0 Å². The van der Waals surface area contributed by atoms with Gasteiger partial charge in [-0.2, -0.15) is 0 Å². The maximum absolute atomic E-state index is 10.7. The lowest BCUT2D eigenvalue weighted by Crippen LogP contribution is -2.00. The van der Waals surface area contributed by atoms with Crippen LogP contribution in [0.15, 0.2) is 34.7 Å². The number of aromatic carboxylic acids is 1. The summed E-state index contributed by atoms with van der Waals surface area (Å²) in [7, 11) is 0. The number of carboxylic acids is 1. The summed E-state index contributed by atoms with van der Waals surface area (Å²) in [6, 6.07) is 9.14. The van der Waals surface area contributed by atoms with Gasteiger partial charge in [-0.05, 0) is 42.2 Å². The number of rotatable bonds is 5. The van der Waals surface area contributed by atoms with Crippen molar-refractivity contribution < 1.29 is 19.1 Å². The molecule has 1 aromatic heterocycles. The minimum Gasteiger partial charge on any atom is -0.485 e. The first-order valence-corrected chi connectivity index (χ1v) is 6.52. The van der Waals surface area contributed by atoms with Gasteiger partial charge < -0.3 is 14.3 Å². The highest BCUT2D eigenvalue weighted by atomic mass is 16.5. The van der Waals surface area contributed by atoms with E-state index in [1.54, 1.807) is 6.07 Å². The molecule has 106 valence electrons. The third-order valence-electron chi connectivity index (χ3n) is 3.03. The smallest absolute Gasteiger partial charge is 0.371 e. The van der Waals surface area contributed by atoms with E-state index < -0.39 is 5.97 Å². The van der Waals surface area contributed by atoms with E-state index in [1.807, 2.05) is 13.0 Å². The Hall–Kier alpha value is -2.23. The van der Waals surface area contributed by atoms with Gasteiger partial charge in [0.2, 0.25) is 5.76 Å². The van der Waals surface area contributed by atoms with Crippen LogP contribution in [0, 0.1) is 6.92 Å². The van der Waals surface area contributed by atoms with Crippen molar-refractivity contribution in [3.63, 3.8) is 0 Å². The summed E-state index contributed by atoms with van der Waals surface area (Å²) in [5.74, 6) is 0.523. The lowest BCUT2D eigenvalue weighted by atomic mass is 10.0. The Labute approximate surface area is 118 Å². The van der Waals surface area contributed by atoms with Crippen molar-refractivity contribution in [3.05, 3.63) is 53.0 Å². The molecule has 2 rings (SSSR count). The Morgan fingerprint density at radius 2 is 2.05 bits per heavy atom. The largest absolute Gasteiger partial charge is 0.485 e. The Kier molecular flexibility index (Phi) is 4.13. The van der Waals surface area contributed by atoms with Crippen molar-refractivity contribution in [2.45, 2.75) is 33.3 Å². The molecule has 0 radical (unpaired) electrons. The van der Waals surface area contributed by atoms with E-state index in [4.69, 9.17) is 14.3 Å². The quantitative estimate of drug-likeness (QED) is 0.895. The van der Waals surface area contributed by atoms with Gasteiger partial charge in [0.05, 0.1) is 0 Å². The van der Waals surface area contributed by atoms with E-state index in [-0.39, 0.29) is 12.4 Å². The number of benzene rings is 1. The Balaban J connectivity index is 2.13. The second-order valence-electron chi connectivity index (χ2n) is 5.06. The molecule has 2 aromatic rings. The zero-order valence-electron chi connectivity index (χ0n) is 11.8. The monoisotopic (exact) mass is 274 g/mol. The van der Waals surface area contributed by atoms with Crippen LogP contribution in [-0.4, -0.2) is 11.1 Å². The standard InChI is InChI=1S/C16H18O4/c1-10(2)13-6-4-11(3)8-15(13)19-9-12-5-7-14(20-12)16(17)18/h4-8,10H,9H2,1-3H3,(H,17,18). The van der Waals surface area contributed by atoms with Crippen molar-refractivity contribution in [2.24, 2.45) is 0 Å². The van der Waals surface area contributed by atoms with Crippen LogP contribution in [0.5, 0.6) is 5.75 Å². The molecule has 0 atom stereocenters. The first kappa shape index (κ1) is 14.2. The summed E-state index contributed by atoms with van der Waals surface area (Å²) in [5.41, 5.74) is 2.25. The summed E-state index contributed by atoms with van der Waals surface area (Å²) >= 11 is 0. The SMILES string of the molecule is Cc1ccc(C(C)C)c(OCc2ccc(C(=O)O)o2)c1. The van der Waals surface area contributed by atoms with Crippen LogP contribution in [0.25, 0.3) is 0 Å². The number of carboxylic acid groups (broad SMARTS) is 1. The maximum atomic E-state index is 10.7. The van der Waals surface area contributed by atoms with Gasteiger partial charge in [-0.15, -0.1) is 0 Å². The molecule has 0 amide bonds. The first-order valence-electron chi connectivity index (χ1n) is 6.52. The van der Waals surface area contributed by atoms with E-state index in [1.165, 1.54) is 6.07 Å². The molecule has 1 N–H and O–H groups in total. The van der Waals surface area contributed by atoms with Crippen molar-refractivity contribution in [1.29, 1.82) is 0 Å². The second kappa shape index (κ2) is 5.82. The van der Waals surface area contributed by atoms with E-state index in [2.05, 4.69) is 26.0 Å². The fraction of sp³-hybridized carbons (Fsp3) is 0.312. The highest BCUT2D eigenvalue weighted by Gasteiger charge is 2.11. The van der Waals surface area contributed by atoms with Crippen LogP contribution < -0.4 is 4.74 Å². The number of aryl methyl sites for hydroxylation is 1. The van der Waals surface area contributed by atoms with Gasteiger partial charge in [0.25, 0.3) is 0 Å². The second-order valence-corrected chi connectivity index (χ2v) is 5.06. The normalized spacial score (nSPS) is 10.8. The number of hydrogen-bond acceptors (Lipinski definition) is 3. The Morgan fingerprint density at radius 3 is 2.65 bits per heavy atom. The molecular formula is C16H18O4. The van der Waals surface area contributed by atoms with Crippen molar-refractivity contribution in [1.82, 2.24) is 0 Å². The molecule has 4 nitrogen and oxygen atoms in total. The van der Waals surface area contributed by atoms with E-state index in [0.717, 1.165) is 16.9 Å². The van der Waals surface area contributed by atoms with E-state index in [9.17, 15) is 4.79 Å². The molecule has 4 heteroatoms. The summed E-state index contributed by atoms with van der Waals surface area (Å²) in [6.45, 7) is 6.43. The lowest BCUT2D eigenvalue weighted by molar-refractivity contribution is 0.0658. The fourth-order valence-electron chi connectivity index (χ4n) is 1.96. The third kappa shape index (κ3) is 3.20. The first-order chi connectivity index (χ1) is 9.47. The molecule has 0 fully saturated rings. The predicted molar refractivity (Wildman–Crippen MR) is 75.3 cm³/mol. The molecular weight excluding hydrogens is 256 g/mol. The molecule has 0 saturated carbocycles. The Bertz CT molecular complexity index is 611. The Morgan fingerprint density at radius 1 is 1.30 bits per heavy atom. The summed E-state index contributed by atoms with van der Waals surface area (Å²) in [5, 5.41) is 8.80. The van der Waals surface area contributed by atoms with Gasteiger partial charge in [0, 0.05) is 0 Å². The molecule has 0 spiro atoms. The van der Waals surface area contributed by atoms with E-state index in [0.29, 0.717) is 11.7 Å². The summed E-state index contributed by atoms with van der Waals surface area (Å²) in [6.07, 6.45) is 0. The van der Waals surface area contributed by atoms with Crippen LogP contribution in [0.3, 0.4) is 0 Å². The average molecular weight is 274 g/mol. The summed E-state index contributed by atoms with van der Waals surface area (Å²) < 4.78 is 10.9. The molecule has 0 saturated heterocycles. The van der Waals surface area contributed by atoms with Gasteiger partial charge in [0.15, 0.2) is 0 Å². The zero-order chi connectivity index (χ0) is 14.7. The third-order valence-corrected chi connectivity index (χ3v) is 3.03.